The molecule has 2 aliphatic rings. The van der Waals surface area contributed by atoms with Crippen molar-refractivity contribution in [1.29, 1.82) is 0 Å². The molecule has 4 bridgehead atoms. The van der Waals surface area contributed by atoms with E-state index in [1.165, 1.54) is 12.1 Å². The van der Waals surface area contributed by atoms with Crippen molar-refractivity contribution in [3.8, 4) is 5.75 Å². The standard InChI is InChI=1S/C27H33FN4O4/c28-21-10-19-11-22(15-24(29)27(35)30-16-18-6-2-1-3-7-18)31-26(34)20-13-25(33)32(17-20)8-4-5-9-36-23(12-19)14-21/h1-3,6-7,10,12,14,20,22,24H,4-5,8-9,11,13,15-17,29H2,(H,30,35)(H,31,34)/t20?,22-,24-/m0/s1. The van der Waals surface area contributed by atoms with E-state index >= 15 is 0 Å². The van der Waals surface area contributed by atoms with Gasteiger partial charge in [0.25, 0.3) is 0 Å². The van der Waals surface area contributed by atoms with Gasteiger partial charge in [-0.1, -0.05) is 30.3 Å². The normalized spacial score (nSPS) is 21.6. The van der Waals surface area contributed by atoms with Crippen LogP contribution in [0.5, 0.6) is 5.75 Å². The molecule has 2 aromatic rings. The first-order chi connectivity index (χ1) is 17.4. The molecule has 0 aliphatic carbocycles. The highest BCUT2D eigenvalue weighted by atomic mass is 19.1. The van der Waals surface area contributed by atoms with Crippen LogP contribution in [0.3, 0.4) is 0 Å². The molecule has 4 rings (SSSR count). The highest BCUT2D eigenvalue weighted by Crippen LogP contribution is 2.22. The molecule has 4 N–H and O–H groups in total. The summed E-state index contributed by atoms with van der Waals surface area (Å²) >= 11 is 0. The molecule has 192 valence electrons. The molecule has 0 radical (unpaired) electrons. The number of nitrogens with two attached hydrogens (primary N) is 1. The maximum Gasteiger partial charge on any atom is 0.237 e. The predicted octanol–water partition coefficient (Wildman–Crippen LogP) is 1.91. The van der Waals surface area contributed by atoms with E-state index < -0.39 is 23.8 Å². The minimum atomic E-state index is -0.882. The van der Waals surface area contributed by atoms with Crippen molar-refractivity contribution in [2.24, 2.45) is 11.7 Å². The Balaban J connectivity index is 1.48. The lowest BCUT2D eigenvalue weighted by molar-refractivity contribution is -0.129. The Bertz CT molecular complexity index is 1080. The number of hydrogen-bond acceptors (Lipinski definition) is 5. The average Bonchev–Trinajstić information content (AvgIpc) is 3.22. The van der Waals surface area contributed by atoms with Crippen LogP contribution in [0.2, 0.25) is 0 Å². The molecule has 2 aromatic carbocycles. The number of nitrogens with zero attached hydrogens (tertiary/aromatic N) is 1. The monoisotopic (exact) mass is 496 g/mol. The summed E-state index contributed by atoms with van der Waals surface area (Å²) in [6.07, 6.45) is 2.02. The SMILES string of the molecule is N[C@@H](C[C@@H]1Cc2cc(F)cc(c2)OCCCCN2CC(CC2=O)C(=O)N1)C(=O)NCc1ccccc1. The molecular weight excluding hydrogens is 463 g/mol. The summed E-state index contributed by atoms with van der Waals surface area (Å²) in [5, 5.41) is 5.81. The van der Waals surface area contributed by atoms with Gasteiger partial charge in [0.2, 0.25) is 17.7 Å². The first-order valence-corrected chi connectivity index (χ1v) is 12.4. The van der Waals surface area contributed by atoms with Crippen LogP contribution in [0.1, 0.15) is 36.8 Å². The summed E-state index contributed by atoms with van der Waals surface area (Å²) in [6.45, 7) is 1.66. The summed E-state index contributed by atoms with van der Waals surface area (Å²) in [6, 6.07) is 12.5. The molecule has 2 heterocycles. The van der Waals surface area contributed by atoms with Crippen LogP contribution < -0.4 is 21.1 Å². The molecule has 9 heteroatoms. The smallest absolute Gasteiger partial charge is 0.237 e. The van der Waals surface area contributed by atoms with Crippen molar-refractivity contribution in [1.82, 2.24) is 15.5 Å². The number of halogens is 1. The summed E-state index contributed by atoms with van der Waals surface area (Å²) < 4.78 is 20.0. The number of fused-ring (bicyclic) bond motifs is 4. The summed E-state index contributed by atoms with van der Waals surface area (Å²) in [4.78, 5) is 39.9. The highest BCUT2D eigenvalue weighted by molar-refractivity contribution is 5.89. The number of ether oxygens (including phenoxy) is 1. The Morgan fingerprint density at radius 1 is 1.17 bits per heavy atom. The fourth-order valence-corrected chi connectivity index (χ4v) is 4.71. The summed E-state index contributed by atoms with van der Waals surface area (Å²) in [5.74, 6) is -1.12. The van der Waals surface area contributed by atoms with E-state index in [2.05, 4.69) is 10.6 Å². The highest BCUT2D eigenvalue weighted by Gasteiger charge is 2.35. The van der Waals surface area contributed by atoms with Gasteiger partial charge in [0.1, 0.15) is 11.6 Å². The van der Waals surface area contributed by atoms with Gasteiger partial charge in [0, 0.05) is 38.2 Å². The first-order valence-electron chi connectivity index (χ1n) is 12.4. The Labute approximate surface area is 210 Å². The van der Waals surface area contributed by atoms with Gasteiger partial charge in [-0.05, 0) is 48.9 Å². The number of nitrogens with one attached hydrogen (secondary N) is 2. The molecule has 8 nitrogen and oxygen atoms in total. The molecule has 0 aromatic heterocycles. The van der Waals surface area contributed by atoms with Crippen molar-refractivity contribution in [2.45, 2.75) is 50.7 Å². The minimum Gasteiger partial charge on any atom is -0.493 e. The number of benzene rings is 2. The van der Waals surface area contributed by atoms with Crippen molar-refractivity contribution >= 4 is 17.7 Å². The molecule has 1 unspecified atom stereocenters. The van der Waals surface area contributed by atoms with Crippen LogP contribution >= 0.6 is 0 Å². The van der Waals surface area contributed by atoms with Crippen LogP contribution in [-0.4, -0.2) is 54.4 Å². The molecule has 0 spiro atoms. The van der Waals surface area contributed by atoms with Crippen LogP contribution in [0.15, 0.2) is 48.5 Å². The molecular formula is C27H33FN4O4. The van der Waals surface area contributed by atoms with Gasteiger partial charge in [-0.25, -0.2) is 4.39 Å². The van der Waals surface area contributed by atoms with Crippen LogP contribution in [0.25, 0.3) is 0 Å². The van der Waals surface area contributed by atoms with E-state index in [4.69, 9.17) is 10.5 Å². The van der Waals surface area contributed by atoms with Gasteiger partial charge in [0.15, 0.2) is 0 Å². The molecule has 3 amide bonds. The fraction of sp³-hybridized carbons (Fsp3) is 0.444. The number of hydrogen-bond donors (Lipinski definition) is 3. The average molecular weight is 497 g/mol. The Morgan fingerprint density at radius 2 is 1.97 bits per heavy atom. The van der Waals surface area contributed by atoms with Gasteiger partial charge < -0.3 is 26.0 Å². The molecule has 2 aliphatic heterocycles. The van der Waals surface area contributed by atoms with Crippen LogP contribution in [0, 0.1) is 11.7 Å². The second kappa shape index (κ2) is 12.0. The van der Waals surface area contributed by atoms with Crippen molar-refractivity contribution in [2.75, 3.05) is 19.7 Å². The van der Waals surface area contributed by atoms with E-state index in [0.717, 1.165) is 12.0 Å². The number of carbonyl (C=O) groups excluding carboxylic acids is 3. The lowest BCUT2D eigenvalue weighted by Gasteiger charge is -2.24. The van der Waals surface area contributed by atoms with E-state index in [0.29, 0.717) is 44.0 Å². The Kier molecular flexibility index (Phi) is 8.53. The van der Waals surface area contributed by atoms with Crippen molar-refractivity contribution in [3.05, 3.63) is 65.5 Å². The van der Waals surface area contributed by atoms with Gasteiger partial charge in [-0.3, -0.25) is 14.4 Å². The predicted molar refractivity (Wildman–Crippen MR) is 132 cm³/mol. The minimum absolute atomic E-state index is 0.0380. The summed E-state index contributed by atoms with van der Waals surface area (Å²) in [5.41, 5.74) is 7.80. The zero-order valence-corrected chi connectivity index (χ0v) is 20.3. The quantitative estimate of drug-likeness (QED) is 0.585. The van der Waals surface area contributed by atoms with Crippen LogP contribution in [-0.2, 0) is 27.3 Å². The van der Waals surface area contributed by atoms with Gasteiger partial charge in [0.05, 0.1) is 18.6 Å². The van der Waals surface area contributed by atoms with Crippen molar-refractivity contribution in [3.63, 3.8) is 0 Å². The van der Waals surface area contributed by atoms with E-state index in [1.807, 2.05) is 30.3 Å². The third kappa shape index (κ3) is 7.04. The molecule has 3 atom stereocenters. The number of carbonyl (C=O) groups is 3. The Morgan fingerprint density at radius 3 is 2.78 bits per heavy atom. The number of amides is 3. The van der Waals surface area contributed by atoms with E-state index in [-0.39, 0.29) is 37.0 Å². The largest absolute Gasteiger partial charge is 0.493 e. The Hall–Kier alpha value is -3.46. The molecule has 1 saturated heterocycles. The lowest BCUT2D eigenvalue weighted by atomic mass is 9.97. The zero-order valence-electron chi connectivity index (χ0n) is 20.3. The maximum absolute atomic E-state index is 14.3. The third-order valence-electron chi connectivity index (χ3n) is 6.62. The van der Waals surface area contributed by atoms with Gasteiger partial charge >= 0.3 is 0 Å². The fourth-order valence-electron chi connectivity index (χ4n) is 4.71. The summed E-state index contributed by atoms with van der Waals surface area (Å²) in [7, 11) is 0. The molecule has 0 saturated carbocycles. The second-order valence-corrected chi connectivity index (χ2v) is 9.55. The van der Waals surface area contributed by atoms with Crippen LogP contribution in [0.4, 0.5) is 4.39 Å². The second-order valence-electron chi connectivity index (χ2n) is 9.55. The van der Waals surface area contributed by atoms with Crippen molar-refractivity contribution < 1.29 is 23.5 Å². The van der Waals surface area contributed by atoms with E-state index in [9.17, 15) is 18.8 Å². The molecule has 36 heavy (non-hydrogen) atoms. The van der Waals surface area contributed by atoms with E-state index in [1.54, 1.807) is 11.0 Å². The first kappa shape index (κ1) is 25.6. The van der Waals surface area contributed by atoms with Gasteiger partial charge in [-0.15, -0.1) is 0 Å². The van der Waals surface area contributed by atoms with Gasteiger partial charge in [-0.2, -0.15) is 0 Å². The topological polar surface area (TPSA) is 114 Å². The third-order valence-corrected chi connectivity index (χ3v) is 6.62. The zero-order chi connectivity index (χ0) is 25.5. The molecule has 1 fully saturated rings. The lowest BCUT2D eigenvalue weighted by Crippen LogP contribution is -2.48. The number of rotatable bonds is 5. The maximum atomic E-state index is 14.3.